The Kier molecular flexibility index (Phi) is 4.93. The fourth-order valence-corrected chi connectivity index (χ4v) is 2.27. The van der Waals surface area contributed by atoms with Crippen molar-refractivity contribution >= 4 is 5.91 Å². The second-order valence-corrected chi connectivity index (χ2v) is 5.32. The molecule has 0 aliphatic carbocycles. The van der Waals surface area contributed by atoms with Gasteiger partial charge >= 0.3 is 0 Å². The van der Waals surface area contributed by atoms with Crippen molar-refractivity contribution in [3.8, 4) is 5.82 Å². The third-order valence-electron chi connectivity index (χ3n) is 3.57. The van der Waals surface area contributed by atoms with Gasteiger partial charge in [-0.3, -0.25) is 14.2 Å². The van der Waals surface area contributed by atoms with Gasteiger partial charge in [0.05, 0.1) is 0 Å². The highest BCUT2D eigenvalue weighted by Crippen LogP contribution is 2.06. The summed E-state index contributed by atoms with van der Waals surface area (Å²) in [5.41, 5.74) is 0.0709. The summed E-state index contributed by atoms with van der Waals surface area (Å²) in [5.74, 6) is 1.08. The van der Waals surface area contributed by atoms with Crippen molar-refractivity contribution < 1.29 is 4.79 Å². The summed E-state index contributed by atoms with van der Waals surface area (Å²) in [7, 11) is 0. The molecule has 0 aliphatic heterocycles. The van der Waals surface area contributed by atoms with E-state index in [-0.39, 0.29) is 17.2 Å². The average molecular weight is 339 g/mol. The van der Waals surface area contributed by atoms with E-state index in [1.165, 1.54) is 10.7 Å². The van der Waals surface area contributed by atoms with Crippen LogP contribution >= 0.6 is 0 Å². The van der Waals surface area contributed by atoms with E-state index >= 15 is 0 Å². The van der Waals surface area contributed by atoms with Gasteiger partial charge in [0.25, 0.3) is 11.5 Å². The largest absolute Gasteiger partial charge is 0.351 e. The molecule has 0 aliphatic rings. The second-order valence-electron chi connectivity index (χ2n) is 5.32. The Labute approximate surface area is 143 Å². The van der Waals surface area contributed by atoms with E-state index in [2.05, 4.69) is 25.6 Å². The van der Waals surface area contributed by atoms with Gasteiger partial charge in [-0.05, 0) is 31.5 Å². The number of imidazole rings is 1. The lowest BCUT2D eigenvalue weighted by molar-refractivity contribution is 0.0946. The van der Waals surface area contributed by atoms with Gasteiger partial charge in [-0.2, -0.15) is 5.10 Å². The van der Waals surface area contributed by atoms with Crippen LogP contribution in [0.3, 0.4) is 0 Å². The van der Waals surface area contributed by atoms with Crippen molar-refractivity contribution in [3.63, 3.8) is 0 Å². The predicted octanol–water partition coefficient (Wildman–Crippen LogP) is 0.348. The Balaban J connectivity index is 1.52. The Hall–Kier alpha value is -3.36. The third kappa shape index (κ3) is 3.94. The number of hydrogen-bond acceptors (Lipinski definition) is 6. The molecule has 1 amide bonds. The molecule has 9 nitrogen and oxygen atoms in total. The third-order valence-corrected chi connectivity index (χ3v) is 3.57. The van der Waals surface area contributed by atoms with Crippen LogP contribution < -0.4 is 10.9 Å². The SMILES string of the molecule is Cc1nccn1-c1ccc(C(=O)NCCCn2ncccc2=O)nn1. The zero-order chi connectivity index (χ0) is 17.6. The predicted molar refractivity (Wildman–Crippen MR) is 89.3 cm³/mol. The van der Waals surface area contributed by atoms with Crippen molar-refractivity contribution in [2.24, 2.45) is 0 Å². The van der Waals surface area contributed by atoms with Crippen LogP contribution in [0.15, 0.2) is 47.7 Å². The first-order valence-corrected chi connectivity index (χ1v) is 7.79. The highest BCUT2D eigenvalue weighted by Gasteiger charge is 2.09. The molecule has 3 rings (SSSR count). The lowest BCUT2D eigenvalue weighted by Gasteiger charge is -2.06. The van der Waals surface area contributed by atoms with Gasteiger partial charge in [-0.15, -0.1) is 10.2 Å². The lowest BCUT2D eigenvalue weighted by atomic mass is 10.3. The van der Waals surface area contributed by atoms with Crippen molar-refractivity contribution in [3.05, 3.63) is 64.7 Å². The van der Waals surface area contributed by atoms with Crippen LogP contribution in [-0.4, -0.2) is 42.0 Å². The molecule has 3 heterocycles. The molecule has 0 radical (unpaired) electrons. The van der Waals surface area contributed by atoms with E-state index in [0.29, 0.717) is 25.3 Å². The first kappa shape index (κ1) is 16.5. The van der Waals surface area contributed by atoms with Crippen molar-refractivity contribution in [2.45, 2.75) is 19.9 Å². The monoisotopic (exact) mass is 339 g/mol. The summed E-state index contributed by atoms with van der Waals surface area (Å²) < 4.78 is 3.13. The molecule has 0 saturated heterocycles. The topological polar surface area (TPSA) is 108 Å². The highest BCUT2D eigenvalue weighted by molar-refractivity contribution is 5.92. The fourth-order valence-electron chi connectivity index (χ4n) is 2.27. The molecule has 25 heavy (non-hydrogen) atoms. The van der Waals surface area contributed by atoms with Crippen LogP contribution in [0.25, 0.3) is 5.82 Å². The molecule has 0 atom stereocenters. The molecule has 0 saturated carbocycles. The van der Waals surface area contributed by atoms with Crippen molar-refractivity contribution in [1.82, 2.24) is 34.8 Å². The minimum atomic E-state index is -0.310. The van der Waals surface area contributed by atoms with E-state index in [1.807, 2.05) is 6.92 Å². The normalized spacial score (nSPS) is 10.6. The number of amides is 1. The minimum absolute atomic E-state index is 0.162. The summed E-state index contributed by atoms with van der Waals surface area (Å²) in [6.45, 7) is 2.70. The summed E-state index contributed by atoms with van der Waals surface area (Å²) in [4.78, 5) is 27.7. The summed E-state index contributed by atoms with van der Waals surface area (Å²) >= 11 is 0. The Morgan fingerprint density at radius 2 is 2.08 bits per heavy atom. The molecule has 0 fully saturated rings. The number of aromatic nitrogens is 6. The highest BCUT2D eigenvalue weighted by atomic mass is 16.2. The van der Waals surface area contributed by atoms with E-state index in [9.17, 15) is 9.59 Å². The maximum absolute atomic E-state index is 12.1. The first-order chi connectivity index (χ1) is 12.1. The van der Waals surface area contributed by atoms with Crippen LogP contribution in [0.1, 0.15) is 22.7 Å². The molecule has 0 spiro atoms. The average Bonchev–Trinajstić information content (AvgIpc) is 3.06. The van der Waals surface area contributed by atoms with Gasteiger partial charge in [-0.25, -0.2) is 9.67 Å². The van der Waals surface area contributed by atoms with Gasteiger partial charge < -0.3 is 5.32 Å². The molecule has 1 N–H and O–H groups in total. The zero-order valence-electron chi connectivity index (χ0n) is 13.7. The van der Waals surface area contributed by atoms with Gasteiger partial charge in [0, 0.05) is 37.7 Å². The van der Waals surface area contributed by atoms with Crippen LogP contribution in [-0.2, 0) is 6.54 Å². The van der Waals surface area contributed by atoms with Crippen LogP contribution in [0.4, 0.5) is 0 Å². The van der Waals surface area contributed by atoms with E-state index < -0.39 is 0 Å². The molecule has 3 aromatic rings. The standard InChI is InChI=1S/C16H17N7O2/c1-12-17-9-11-22(12)14-6-5-13(20-21-14)16(25)18-7-3-10-23-15(24)4-2-8-19-23/h2,4-6,8-9,11H,3,7,10H2,1H3,(H,18,25). The van der Waals surface area contributed by atoms with E-state index in [1.54, 1.807) is 41.4 Å². The number of rotatable bonds is 6. The maximum atomic E-state index is 12.1. The van der Waals surface area contributed by atoms with Crippen molar-refractivity contribution in [2.75, 3.05) is 6.54 Å². The number of nitrogens with one attached hydrogen (secondary N) is 1. The van der Waals surface area contributed by atoms with Crippen LogP contribution in [0, 0.1) is 6.92 Å². The zero-order valence-corrected chi connectivity index (χ0v) is 13.7. The van der Waals surface area contributed by atoms with Crippen molar-refractivity contribution in [1.29, 1.82) is 0 Å². The molecule has 0 bridgehead atoms. The van der Waals surface area contributed by atoms with Gasteiger partial charge in [0.2, 0.25) is 0 Å². The van der Waals surface area contributed by atoms with Gasteiger partial charge in [0.1, 0.15) is 5.82 Å². The van der Waals surface area contributed by atoms with Gasteiger partial charge in [0.15, 0.2) is 11.5 Å². The molecular weight excluding hydrogens is 322 g/mol. The Morgan fingerprint density at radius 1 is 1.20 bits per heavy atom. The molecular formula is C16H17N7O2. The maximum Gasteiger partial charge on any atom is 0.271 e. The number of nitrogens with zero attached hydrogens (tertiary/aromatic N) is 6. The molecule has 0 unspecified atom stereocenters. The van der Waals surface area contributed by atoms with E-state index in [0.717, 1.165) is 5.82 Å². The first-order valence-electron chi connectivity index (χ1n) is 7.79. The van der Waals surface area contributed by atoms with Crippen LogP contribution in [0.2, 0.25) is 0 Å². The van der Waals surface area contributed by atoms with Gasteiger partial charge in [-0.1, -0.05) is 0 Å². The number of carbonyl (C=O) groups excluding carboxylic acids is 1. The number of carbonyl (C=O) groups is 1. The quantitative estimate of drug-likeness (QED) is 0.649. The minimum Gasteiger partial charge on any atom is -0.351 e. The fraction of sp³-hybridized carbons (Fsp3) is 0.250. The van der Waals surface area contributed by atoms with Crippen LogP contribution in [0.5, 0.6) is 0 Å². The Bertz CT molecular complexity index is 914. The second kappa shape index (κ2) is 7.47. The number of aryl methyl sites for hydroxylation is 2. The number of hydrogen-bond donors (Lipinski definition) is 1. The summed E-state index contributed by atoms with van der Waals surface area (Å²) in [6.07, 6.45) is 5.59. The summed E-state index contributed by atoms with van der Waals surface area (Å²) in [6, 6.07) is 6.36. The smallest absolute Gasteiger partial charge is 0.271 e. The lowest BCUT2D eigenvalue weighted by Crippen LogP contribution is -2.28. The molecule has 0 aromatic carbocycles. The Morgan fingerprint density at radius 3 is 2.76 bits per heavy atom. The van der Waals surface area contributed by atoms with E-state index in [4.69, 9.17) is 0 Å². The molecule has 128 valence electrons. The molecule has 9 heteroatoms. The summed E-state index contributed by atoms with van der Waals surface area (Å²) in [5, 5.41) is 14.7. The molecule has 3 aromatic heterocycles.